The Kier molecular flexibility index (Phi) is 4.20. The van der Waals surface area contributed by atoms with Gasteiger partial charge in [0.15, 0.2) is 23.3 Å². The van der Waals surface area contributed by atoms with Gasteiger partial charge in [-0.15, -0.1) is 16.4 Å². The molecular formula is C20H19N5O3S. The molecule has 1 aliphatic rings. The number of hydrogen-bond acceptors (Lipinski definition) is 7. The van der Waals surface area contributed by atoms with Crippen LogP contribution in [0.1, 0.15) is 42.6 Å². The van der Waals surface area contributed by atoms with Crippen LogP contribution in [0, 0.1) is 16.0 Å². The van der Waals surface area contributed by atoms with Gasteiger partial charge < -0.3 is 4.74 Å². The molecule has 0 amide bonds. The van der Waals surface area contributed by atoms with Crippen molar-refractivity contribution in [1.82, 2.24) is 19.6 Å². The fraction of sp³-hybridized carbons (Fsp3) is 0.350. The maximum Gasteiger partial charge on any atom is 0.310 e. The molecule has 8 nitrogen and oxygen atoms in total. The smallest absolute Gasteiger partial charge is 0.310 e. The second-order valence-electron chi connectivity index (χ2n) is 7.50. The number of rotatable bonds is 4. The number of nitro groups is 1. The van der Waals surface area contributed by atoms with E-state index in [0.717, 1.165) is 35.1 Å². The van der Waals surface area contributed by atoms with Gasteiger partial charge in [-0.05, 0) is 43.7 Å². The van der Waals surface area contributed by atoms with Crippen molar-refractivity contribution in [2.45, 2.75) is 39.2 Å². The van der Waals surface area contributed by atoms with Crippen LogP contribution < -0.4 is 4.74 Å². The average molecular weight is 409 g/mol. The van der Waals surface area contributed by atoms with Crippen LogP contribution in [0.2, 0.25) is 0 Å². The van der Waals surface area contributed by atoms with Crippen molar-refractivity contribution in [2.75, 3.05) is 0 Å². The molecule has 2 atom stereocenters. The standard InChI is InChI=1S/C20H19N5O3S/c1-11-7-8-13-16(9-11)29-20-17(13)19-22-18(23-24(19)10-21-20)12(2)28-15-6-4-3-5-14(15)25(26)27/h3-6,10-12H,7-9H2,1-2H3. The van der Waals surface area contributed by atoms with Crippen molar-refractivity contribution in [2.24, 2.45) is 5.92 Å². The van der Waals surface area contributed by atoms with Crippen LogP contribution in [0.25, 0.3) is 15.9 Å². The highest BCUT2D eigenvalue weighted by molar-refractivity contribution is 7.19. The molecular weight excluding hydrogens is 390 g/mol. The SMILES string of the molecule is CC1CCc2c(sc3ncn4nc(C(C)Oc5ccccc5[N+](=O)[O-])nc4c23)C1. The van der Waals surface area contributed by atoms with E-state index < -0.39 is 11.0 Å². The average Bonchev–Trinajstić information content (AvgIpc) is 3.28. The Hall–Kier alpha value is -3.07. The Morgan fingerprint density at radius 3 is 3.03 bits per heavy atom. The highest BCUT2D eigenvalue weighted by atomic mass is 32.1. The number of hydrogen-bond donors (Lipinski definition) is 0. The largest absolute Gasteiger partial charge is 0.476 e. The van der Waals surface area contributed by atoms with Crippen LogP contribution in [0.4, 0.5) is 5.69 Å². The van der Waals surface area contributed by atoms with Gasteiger partial charge in [-0.3, -0.25) is 10.1 Å². The zero-order valence-electron chi connectivity index (χ0n) is 16.0. The van der Waals surface area contributed by atoms with Crippen molar-refractivity contribution in [3.8, 4) is 5.75 Å². The molecule has 1 aliphatic carbocycles. The number of aryl methyl sites for hydroxylation is 1. The summed E-state index contributed by atoms with van der Waals surface area (Å²) in [6.45, 7) is 4.08. The highest BCUT2D eigenvalue weighted by Crippen LogP contribution is 2.39. The molecule has 3 aromatic heterocycles. The van der Waals surface area contributed by atoms with E-state index in [1.165, 1.54) is 16.5 Å². The summed E-state index contributed by atoms with van der Waals surface area (Å²) in [5, 5.41) is 16.8. The Morgan fingerprint density at radius 1 is 1.38 bits per heavy atom. The molecule has 0 saturated carbocycles. The van der Waals surface area contributed by atoms with Crippen LogP contribution in [0.15, 0.2) is 30.6 Å². The maximum absolute atomic E-state index is 11.2. The van der Waals surface area contributed by atoms with Gasteiger partial charge in [-0.2, -0.15) is 0 Å². The molecule has 1 aromatic carbocycles. The number of nitro benzene ring substituents is 1. The summed E-state index contributed by atoms with van der Waals surface area (Å²) < 4.78 is 7.53. The molecule has 148 valence electrons. The first kappa shape index (κ1) is 18.0. The molecule has 0 spiro atoms. The molecule has 0 fully saturated rings. The minimum Gasteiger partial charge on any atom is -0.476 e. The third-order valence-corrected chi connectivity index (χ3v) is 6.54. The Bertz CT molecular complexity index is 1250. The topological polar surface area (TPSA) is 95.5 Å². The molecule has 0 N–H and O–H groups in total. The van der Waals surface area contributed by atoms with Crippen LogP contribution in [0.5, 0.6) is 5.75 Å². The van der Waals surface area contributed by atoms with Crippen molar-refractivity contribution < 1.29 is 9.66 Å². The van der Waals surface area contributed by atoms with E-state index in [9.17, 15) is 10.1 Å². The maximum atomic E-state index is 11.2. The van der Waals surface area contributed by atoms with E-state index in [1.54, 1.807) is 47.3 Å². The van der Waals surface area contributed by atoms with E-state index in [1.807, 2.05) is 0 Å². The van der Waals surface area contributed by atoms with Crippen LogP contribution in [0.3, 0.4) is 0 Å². The fourth-order valence-corrected chi connectivity index (χ4v) is 5.22. The summed E-state index contributed by atoms with van der Waals surface area (Å²) in [5.41, 5.74) is 2.04. The van der Waals surface area contributed by atoms with E-state index in [4.69, 9.17) is 9.72 Å². The number of fused-ring (bicyclic) bond motifs is 5. The number of para-hydroxylation sites is 2. The van der Waals surface area contributed by atoms with Gasteiger partial charge in [0, 0.05) is 10.9 Å². The second kappa shape index (κ2) is 6.77. The van der Waals surface area contributed by atoms with Gasteiger partial charge in [0.2, 0.25) is 0 Å². The summed E-state index contributed by atoms with van der Waals surface area (Å²) in [6, 6.07) is 6.33. The first-order valence-corrected chi connectivity index (χ1v) is 10.4. The first-order chi connectivity index (χ1) is 14.0. The zero-order valence-corrected chi connectivity index (χ0v) is 16.8. The van der Waals surface area contributed by atoms with E-state index in [2.05, 4.69) is 17.0 Å². The van der Waals surface area contributed by atoms with Gasteiger partial charge in [0.05, 0.1) is 10.3 Å². The molecule has 0 saturated heterocycles. The molecule has 9 heteroatoms. The predicted octanol–water partition coefficient (Wildman–Crippen LogP) is 4.51. The van der Waals surface area contributed by atoms with Crippen LogP contribution in [-0.4, -0.2) is 24.5 Å². The number of nitrogens with zero attached hydrogens (tertiary/aromatic N) is 5. The quantitative estimate of drug-likeness (QED) is 0.363. The fourth-order valence-electron chi connectivity index (χ4n) is 3.88. The normalized spacial score (nSPS) is 17.4. The Balaban J connectivity index is 1.55. The minimum absolute atomic E-state index is 0.0757. The molecule has 0 radical (unpaired) electrons. The summed E-state index contributed by atoms with van der Waals surface area (Å²) in [7, 11) is 0. The minimum atomic E-state index is -0.541. The molecule has 0 aliphatic heterocycles. The highest BCUT2D eigenvalue weighted by Gasteiger charge is 2.25. The summed E-state index contributed by atoms with van der Waals surface area (Å²) >= 11 is 1.75. The number of ether oxygens (including phenoxy) is 1. The lowest BCUT2D eigenvalue weighted by Gasteiger charge is -2.17. The Morgan fingerprint density at radius 2 is 2.21 bits per heavy atom. The lowest BCUT2D eigenvalue weighted by atomic mass is 9.89. The molecule has 4 aromatic rings. The third kappa shape index (κ3) is 3.02. The third-order valence-electron chi connectivity index (χ3n) is 5.38. The lowest BCUT2D eigenvalue weighted by molar-refractivity contribution is -0.386. The van der Waals surface area contributed by atoms with E-state index in [-0.39, 0.29) is 11.4 Å². The number of thiophene rings is 1. The van der Waals surface area contributed by atoms with Crippen molar-refractivity contribution in [1.29, 1.82) is 0 Å². The molecule has 3 heterocycles. The van der Waals surface area contributed by atoms with E-state index >= 15 is 0 Å². The Labute approximate surface area is 170 Å². The second-order valence-corrected chi connectivity index (χ2v) is 8.58. The van der Waals surface area contributed by atoms with Crippen molar-refractivity contribution in [3.63, 3.8) is 0 Å². The molecule has 0 bridgehead atoms. The van der Waals surface area contributed by atoms with Crippen molar-refractivity contribution in [3.05, 3.63) is 57.0 Å². The van der Waals surface area contributed by atoms with Gasteiger partial charge in [-0.25, -0.2) is 14.5 Å². The molecule has 29 heavy (non-hydrogen) atoms. The zero-order chi connectivity index (χ0) is 20.1. The molecule has 2 unspecified atom stereocenters. The summed E-state index contributed by atoms with van der Waals surface area (Å²) in [6.07, 6.45) is 4.42. The summed E-state index contributed by atoms with van der Waals surface area (Å²) in [5.74, 6) is 1.37. The van der Waals surface area contributed by atoms with Gasteiger partial charge >= 0.3 is 5.69 Å². The van der Waals surface area contributed by atoms with E-state index in [0.29, 0.717) is 11.7 Å². The van der Waals surface area contributed by atoms with Gasteiger partial charge in [0.1, 0.15) is 11.2 Å². The number of aromatic nitrogens is 4. The predicted molar refractivity (Wildman–Crippen MR) is 109 cm³/mol. The lowest BCUT2D eigenvalue weighted by Crippen LogP contribution is -2.08. The van der Waals surface area contributed by atoms with Crippen LogP contribution >= 0.6 is 11.3 Å². The number of benzene rings is 1. The monoisotopic (exact) mass is 409 g/mol. The first-order valence-electron chi connectivity index (χ1n) is 9.57. The molecule has 5 rings (SSSR count). The van der Waals surface area contributed by atoms with Crippen molar-refractivity contribution >= 4 is 32.9 Å². The van der Waals surface area contributed by atoms with Gasteiger partial charge in [-0.1, -0.05) is 19.1 Å². The van der Waals surface area contributed by atoms with Crippen LogP contribution in [-0.2, 0) is 12.8 Å². The van der Waals surface area contributed by atoms with Gasteiger partial charge in [0.25, 0.3) is 0 Å². The summed E-state index contributed by atoms with van der Waals surface area (Å²) in [4.78, 5) is 22.5.